The average Bonchev–Trinajstić information content (AvgIpc) is 2.62. The van der Waals surface area contributed by atoms with Gasteiger partial charge in [-0.15, -0.1) is 0 Å². The second-order valence-electron chi connectivity index (χ2n) is 6.65. The fourth-order valence-electron chi connectivity index (χ4n) is 3.31. The van der Waals surface area contributed by atoms with Gasteiger partial charge in [0.1, 0.15) is 0 Å². The Bertz CT molecular complexity index is 697. The molecule has 5 heteroatoms. The summed E-state index contributed by atoms with van der Waals surface area (Å²) in [6.45, 7) is 4.96. The SMILES string of the molecule is Clc1ccccc1CN1CCC(CNCc2cccc(Cl)c2Cl)CC1. The minimum atomic E-state index is 0.619. The van der Waals surface area contributed by atoms with Crippen molar-refractivity contribution in [3.8, 4) is 0 Å². The molecule has 134 valence electrons. The predicted octanol–water partition coefficient (Wildman–Crippen LogP) is 5.65. The molecule has 1 fully saturated rings. The summed E-state index contributed by atoms with van der Waals surface area (Å²) in [5.41, 5.74) is 2.28. The van der Waals surface area contributed by atoms with Crippen molar-refractivity contribution in [3.05, 3.63) is 68.7 Å². The van der Waals surface area contributed by atoms with Crippen LogP contribution in [-0.4, -0.2) is 24.5 Å². The highest BCUT2D eigenvalue weighted by Gasteiger charge is 2.19. The van der Waals surface area contributed by atoms with Gasteiger partial charge in [-0.2, -0.15) is 0 Å². The van der Waals surface area contributed by atoms with Crippen LogP contribution < -0.4 is 5.32 Å². The number of halogens is 3. The molecule has 1 aliphatic rings. The molecule has 25 heavy (non-hydrogen) atoms. The standard InChI is InChI=1S/C20H23Cl3N2/c21-18-6-2-1-4-17(18)14-25-10-8-15(9-11-25)12-24-13-16-5-3-7-19(22)20(16)23/h1-7,15,24H,8-14H2. The Morgan fingerprint density at radius 1 is 0.880 bits per heavy atom. The smallest absolute Gasteiger partial charge is 0.0637 e. The summed E-state index contributed by atoms with van der Waals surface area (Å²) in [6, 6.07) is 13.9. The Morgan fingerprint density at radius 3 is 2.32 bits per heavy atom. The molecule has 1 aliphatic heterocycles. The second-order valence-corrected chi connectivity index (χ2v) is 7.85. The van der Waals surface area contributed by atoms with E-state index >= 15 is 0 Å². The van der Waals surface area contributed by atoms with Crippen LogP contribution in [0.4, 0.5) is 0 Å². The third kappa shape index (κ3) is 5.35. The number of hydrogen-bond donors (Lipinski definition) is 1. The Balaban J connectivity index is 1.41. The van der Waals surface area contributed by atoms with Gasteiger partial charge in [-0.3, -0.25) is 4.90 Å². The molecule has 0 aromatic heterocycles. The average molecular weight is 398 g/mol. The second kappa shape index (κ2) is 9.25. The molecule has 0 saturated carbocycles. The van der Waals surface area contributed by atoms with E-state index in [2.05, 4.69) is 22.3 Å². The molecule has 2 aromatic rings. The number of piperidine rings is 1. The van der Waals surface area contributed by atoms with Crippen molar-refractivity contribution in [2.75, 3.05) is 19.6 Å². The lowest BCUT2D eigenvalue weighted by atomic mass is 9.96. The van der Waals surface area contributed by atoms with E-state index in [4.69, 9.17) is 34.8 Å². The summed E-state index contributed by atoms with van der Waals surface area (Å²) in [5.74, 6) is 0.709. The van der Waals surface area contributed by atoms with Crippen LogP contribution in [0.15, 0.2) is 42.5 Å². The van der Waals surface area contributed by atoms with Crippen LogP contribution in [0.25, 0.3) is 0 Å². The Hall–Kier alpha value is -0.770. The van der Waals surface area contributed by atoms with E-state index < -0.39 is 0 Å². The zero-order valence-corrected chi connectivity index (χ0v) is 16.4. The molecule has 0 bridgehead atoms. The third-order valence-corrected chi connectivity index (χ3v) is 6.07. The van der Waals surface area contributed by atoms with Gasteiger partial charge in [-0.05, 0) is 61.7 Å². The normalized spacial score (nSPS) is 16.3. The minimum Gasteiger partial charge on any atom is -0.312 e. The Morgan fingerprint density at radius 2 is 1.56 bits per heavy atom. The van der Waals surface area contributed by atoms with Crippen LogP contribution in [0, 0.1) is 5.92 Å². The first-order chi connectivity index (χ1) is 12.1. The highest BCUT2D eigenvalue weighted by atomic mass is 35.5. The maximum atomic E-state index is 6.27. The van der Waals surface area contributed by atoms with E-state index in [0.29, 0.717) is 16.0 Å². The molecule has 0 amide bonds. The van der Waals surface area contributed by atoms with Crippen molar-refractivity contribution in [3.63, 3.8) is 0 Å². The van der Waals surface area contributed by atoms with Crippen LogP contribution in [0.1, 0.15) is 24.0 Å². The minimum absolute atomic E-state index is 0.619. The van der Waals surface area contributed by atoms with Gasteiger partial charge in [0.25, 0.3) is 0 Å². The van der Waals surface area contributed by atoms with E-state index in [9.17, 15) is 0 Å². The lowest BCUT2D eigenvalue weighted by Crippen LogP contribution is -2.36. The van der Waals surface area contributed by atoms with Gasteiger partial charge in [-0.1, -0.05) is 65.1 Å². The van der Waals surface area contributed by atoms with Crippen LogP contribution in [0.3, 0.4) is 0 Å². The third-order valence-electron chi connectivity index (χ3n) is 4.84. The lowest BCUT2D eigenvalue weighted by molar-refractivity contribution is 0.175. The van der Waals surface area contributed by atoms with E-state index in [1.54, 1.807) is 0 Å². The molecule has 2 nitrogen and oxygen atoms in total. The quantitative estimate of drug-likeness (QED) is 0.677. The topological polar surface area (TPSA) is 15.3 Å². The van der Waals surface area contributed by atoms with Crippen LogP contribution in [0.5, 0.6) is 0 Å². The number of nitrogens with zero attached hydrogens (tertiary/aromatic N) is 1. The zero-order valence-electron chi connectivity index (χ0n) is 14.1. The number of nitrogens with one attached hydrogen (secondary N) is 1. The Kier molecular flexibility index (Phi) is 7.03. The molecule has 1 saturated heterocycles. The van der Waals surface area contributed by atoms with Gasteiger partial charge in [0.05, 0.1) is 10.0 Å². The predicted molar refractivity (Wildman–Crippen MR) is 108 cm³/mol. The molecule has 0 spiro atoms. The molecule has 2 aromatic carbocycles. The van der Waals surface area contributed by atoms with Gasteiger partial charge in [0, 0.05) is 18.1 Å². The molecule has 1 N–H and O–H groups in total. The van der Waals surface area contributed by atoms with Gasteiger partial charge >= 0.3 is 0 Å². The fraction of sp³-hybridized carbons (Fsp3) is 0.400. The van der Waals surface area contributed by atoms with Crippen molar-refractivity contribution in [2.45, 2.75) is 25.9 Å². The summed E-state index contributed by atoms with van der Waals surface area (Å²) in [4.78, 5) is 2.49. The van der Waals surface area contributed by atoms with Gasteiger partial charge in [-0.25, -0.2) is 0 Å². The van der Waals surface area contributed by atoms with Crippen LogP contribution >= 0.6 is 34.8 Å². The van der Waals surface area contributed by atoms with Crippen molar-refractivity contribution in [1.82, 2.24) is 10.2 Å². The molecule has 0 aliphatic carbocycles. The monoisotopic (exact) mass is 396 g/mol. The number of rotatable bonds is 6. The molecule has 0 radical (unpaired) electrons. The molecular formula is C20H23Cl3N2. The van der Waals surface area contributed by atoms with E-state index in [-0.39, 0.29) is 0 Å². The van der Waals surface area contributed by atoms with Crippen molar-refractivity contribution >= 4 is 34.8 Å². The Labute approximate surface area is 165 Å². The summed E-state index contributed by atoms with van der Waals surface area (Å²) in [7, 11) is 0. The van der Waals surface area contributed by atoms with Crippen LogP contribution in [-0.2, 0) is 13.1 Å². The number of hydrogen-bond acceptors (Lipinski definition) is 2. The maximum absolute atomic E-state index is 6.27. The molecule has 3 rings (SSSR count). The van der Waals surface area contributed by atoms with Gasteiger partial charge < -0.3 is 5.32 Å². The summed E-state index contributed by atoms with van der Waals surface area (Å²) >= 11 is 18.6. The molecule has 1 heterocycles. The summed E-state index contributed by atoms with van der Waals surface area (Å²) < 4.78 is 0. The van der Waals surface area contributed by atoms with Crippen molar-refractivity contribution in [1.29, 1.82) is 0 Å². The van der Waals surface area contributed by atoms with E-state index in [1.165, 1.54) is 18.4 Å². The largest absolute Gasteiger partial charge is 0.312 e. The van der Waals surface area contributed by atoms with E-state index in [0.717, 1.165) is 43.3 Å². The molecule has 0 unspecified atom stereocenters. The van der Waals surface area contributed by atoms with Crippen LogP contribution in [0.2, 0.25) is 15.1 Å². The maximum Gasteiger partial charge on any atom is 0.0637 e. The first-order valence-corrected chi connectivity index (χ1v) is 9.86. The van der Waals surface area contributed by atoms with Gasteiger partial charge in [0.15, 0.2) is 0 Å². The highest BCUT2D eigenvalue weighted by molar-refractivity contribution is 6.42. The van der Waals surface area contributed by atoms with Gasteiger partial charge in [0.2, 0.25) is 0 Å². The first kappa shape index (κ1) is 19.0. The summed E-state index contributed by atoms with van der Waals surface area (Å²) in [5, 5.41) is 5.67. The number of benzene rings is 2. The van der Waals surface area contributed by atoms with E-state index in [1.807, 2.05) is 30.3 Å². The fourth-order valence-corrected chi connectivity index (χ4v) is 3.89. The number of likely N-dealkylation sites (tertiary alicyclic amines) is 1. The summed E-state index contributed by atoms with van der Waals surface area (Å²) in [6.07, 6.45) is 2.42. The molecular weight excluding hydrogens is 375 g/mol. The zero-order chi connectivity index (χ0) is 17.6. The van der Waals surface area contributed by atoms with Crippen molar-refractivity contribution < 1.29 is 0 Å². The van der Waals surface area contributed by atoms with Crippen molar-refractivity contribution in [2.24, 2.45) is 5.92 Å². The molecule has 0 atom stereocenters. The lowest BCUT2D eigenvalue weighted by Gasteiger charge is -2.32. The highest BCUT2D eigenvalue weighted by Crippen LogP contribution is 2.26. The first-order valence-electron chi connectivity index (χ1n) is 8.73.